The summed E-state index contributed by atoms with van der Waals surface area (Å²) in [6.07, 6.45) is 1.74. The average Bonchev–Trinajstić information content (AvgIpc) is 3.26. The van der Waals surface area contributed by atoms with E-state index in [0.717, 1.165) is 22.6 Å². The lowest BCUT2D eigenvalue weighted by Crippen LogP contribution is -2.28. The maximum atomic E-state index is 13.6. The van der Waals surface area contributed by atoms with Crippen LogP contribution < -0.4 is 9.47 Å². The summed E-state index contributed by atoms with van der Waals surface area (Å²) in [5, 5.41) is 10.5. The Labute approximate surface area is 252 Å². The Morgan fingerprint density at radius 2 is 1.66 bits per heavy atom. The van der Waals surface area contributed by atoms with Crippen LogP contribution in [0.25, 0.3) is 6.08 Å². The number of carbonyl (C=O) groups is 1. The number of ether oxygens (including phenoxy) is 2. The van der Waals surface area contributed by atoms with E-state index < -0.39 is 0 Å². The van der Waals surface area contributed by atoms with Gasteiger partial charge in [0, 0.05) is 5.56 Å². The molecule has 1 heterocycles. The fraction of sp³-hybridized carbons (Fsp3) is 0.0938. The predicted molar refractivity (Wildman–Crippen MR) is 165 cm³/mol. The molecule has 204 valence electrons. The van der Waals surface area contributed by atoms with Crippen molar-refractivity contribution < 1.29 is 14.3 Å². The minimum atomic E-state index is -0.179. The highest BCUT2D eigenvalue weighted by Gasteiger charge is 2.33. The van der Waals surface area contributed by atoms with Gasteiger partial charge >= 0.3 is 0 Å². The summed E-state index contributed by atoms with van der Waals surface area (Å²) in [7, 11) is 1.61. The van der Waals surface area contributed by atoms with Crippen LogP contribution in [-0.2, 0) is 17.9 Å². The topological polar surface area (TPSA) is 74.9 Å². The van der Waals surface area contributed by atoms with E-state index >= 15 is 0 Å². The standard InChI is InChI=1S/C32H23Cl2N3O3S/c1-39-26-13-11-21(12-14-26)19-37-31(38)29(41-32(37)36-25-9-3-2-4-10-25)17-22-15-27(33)30(28(34)16-22)40-20-24-8-6-5-7-23(24)18-35/h2-17H,19-20H2,1H3/b29-17-,36-32?. The number of nitriles is 1. The van der Waals surface area contributed by atoms with E-state index in [1.807, 2.05) is 66.7 Å². The lowest BCUT2D eigenvalue weighted by Gasteiger charge is -2.16. The molecule has 0 unspecified atom stereocenters. The third kappa shape index (κ3) is 6.75. The van der Waals surface area contributed by atoms with Gasteiger partial charge in [0.05, 0.1) is 45.9 Å². The Morgan fingerprint density at radius 3 is 2.34 bits per heavy atom. The first kappa shape index (κ1) is 28.3. The molecule has 6 nitrogen and oxygen atoms in total. The highest BCUT2D eigenvalue weighted by Crippen LogP contribution is 2.39. The molecule has 0 aliphatic carbocycles. The van der Waals surface area contributed by atoms with E-state index in [4.69, 9.17) is 37.7 Å². The number of amidine groups is 1. The summed E-state index contributed by atoms with van der Waals surface area (Å²) in [5.41, 5.74) is 3.57. The SMILES string of the molecule is COc1ccc(CN2C(=O)/C(=C/c3cc(Cl)c(OCc4ccccc4C#N)c(Cl)c3)SC2=Nc2ccccc2)cc1. The summed E-state index contributed by atoms with van der Waals surface area (Å²) in [6, 6.07) is 29.8. The van der Waals surface area contributed by atoms with Crippen LogP contribution in [-0.4, -0.2) is 23.1 Å². The fourth-order valence-electron chi connectivity index (χ4n) is 4.11. The molecular weight excluding hydrogens is 577 g/mol. The van der Waals surface area contributed by atoms with Crippen molar-refractivity contribution in [3.63, 3.8) is 0 Å². The Morgan fingerprint density at radius 1 is 0.976 bits per heavy atom. The van der Waals surface area contributed by atoms with Crippen molar-refractivity contribution in [1.29, 1.82) is 5.26 Å². The van der Waals surface area contributed by atoms with Gasteiger partial charge in [-0.25, -0.2) is 4.99 Å². The van der Waals surface area contributed by atoms with E-state index in [1.54, 1.807) is 42.4 Å². The van der Waals surface area contributed by atoms with Gasteiger partial charge in [-0.3, -0.25) is 9.69 Å². The molecule has 0 bridgehead atoms. The molecule has 0 spiro atoms. The van der Waals surface area contributed by atoms with Crippen LogP contribution in [0.2, 0.25) is 10.0 Å². The molecule has 0 atom stereocenters. The Hall–Kier alpha value is -4.22. The Bertz CT molecular complexity index is 1660. The lowest BCUT2D eigenvalue weighted by molar-refractivity contribution is -0.122. The third-order valence-corrected chi connectivity index (χ3v) is 7.77. The number of aliphatic imine (C=N–C) groups is 1. The largest absolute Gasteiger partial charge is 0.497 e. The van der Waals surface area contributed by atoms with E-state index in [9.17, 15) is 10.1 Å². The maximum Gasteiger partial charge on any atom is 0.267 e. The molecule has 41 heavy (non-hydrogen) atoms. The summed E-state index contributed by atoms with van der Waals surface area (Å²) < 4.78 is 11.1. The summed E-state index contributed by atoms with van der Waals surface area (Å²) in [5.74, 6) is 0.868. The van der Waals surface area contributed by atoms with Crippen LogP contribution in [0.4, 0.5) is 5.69 Å². The van der Waals surface area contributed by atoms with Crippen molar-refractivity contribution >= 4 is 57.8 Å². The average molecular weight is 601 g/mol. The molecule has 1 amide bonds. The molecule has 0 aromatic heterocycles. The van der Waals surface area contributed by atoms with Gasteiger partial charge < -0.3 is 9.47 Å². The molecule has 1 saturated heterocycles. The molecule has 1 aliphatic rings. The van der Waals surface area contributed by atoms with Gasteiger partial charge in [-0.15, -0.1) is 0 Å². The lowest BCUT2D eigenvalue weighted by atomic mass is 10.1. The van der Waals surface area contributed by atoms with Crippen molar-refractivity contribution in [3.8, 4) is 17.6 Å². The second-order valence-corrected chi connectivity index (χ2v) is 10.8. The number of rotatable bonds is 8. The minimum absolute atomic E-state index is 0.136. The van der Waals surface area contributed by atoms with Crippen molar-refractivity contribution in [2.24, 2.45) is 4.99 Å². The maximum absolute atomic E-state index is 13.6. The van der Waals surface area contributed by atoms with Gasteiger partial charge in [0.15, 0.2) is 10.9 Å². The van der Waals surface area contributed by atoms with Gasteiger partial charge in [-0.1, -0.05) is 71.7 Å². The number of hydrogen-bond acceptors (Lipinski definition) is 6. The molecule has 0 saturated carbocycles. The zero-order chi connectivity index (χ0) is 28.8. The van der Waals surface area contributed by atoms with Crippen LogP contribution in [0.5, 0.6) is 11.5 Å². The quantitative estimate of drug-likeness (QED) is 0.190. The van der Waals surface area contributed by atoms with E-state index in [2.05, 4.69) is 6.07 Å². The first-order valence-electron chi connectivity index (χ1n) is 12.5. The number of halogens is 2. The number of benzene rings is 4. The molecular formula is C32H23Cl2N3O3S. The zero-order valence-electron chi connectivity index (χ0n) is 21.9. The van der Waals surface area contributed by atoms with Crippen LogP contribution in [0.15, 0.2) is 101 Å². The van der Waals surface area contributed by atoms with Crippen LogP contribution in [0.3, 0.4) is 0 Å². The number of carbonyl (C=O) groups excluding carboxylic acids is 1. The van der Waals surface area contributed by atoms with E-state index in [0.29, 0.717) is 43.5 Å². The first-order chi connectivity index (χ1) is 19.9. The monoisotopic (exact) mass is 599 g/mol. The summed E-state index contributed by atoms with van der Waals surface area (Å²) in [6.45, 7) is 0.481. The van der Waals surface area contributed by atoms with Gasteiger partial charge in [0.2, 0.25) is 0 Å². The first-order valence-corrected chi connectivity index (χ1v) is 14.1. The molecule has 4 aromatic carbocycles. The van der Waals surface area contributed by atoms with E-state index in [-0.39, 0.29) is 12.5 Å². The normalized spacial score (nSPS) is 14.9. The number of para-hydroxylation sites is 1. The third-order valence-electron chi connectivity index (χ3n) is 6.20. The van der Waals surface area contributed by atoms with Crippen LogP contribution in [0, 0.1) is 11.3 Å². The number of methoxy groups -OCH3 is 1. The molecule has 4 aromatic rings. The molecule has 0 radical (unpaired) electrons. The van der Waals surface area contributed by atoms with Gasteiger partial charge in [-0.05, 0) is 71.4 Å². The predicted octanol–water partition coefficient (Wildman–Crippen LogP) is 8.26. The molecule has 1 aliphatic heterocycles. The van der Waals surface area contributed by atoms with Gasteiger partial charge in [-0.2, -0.15) is 5.26 Å². The van der Waals surface area contributed by atoms with Gasteiger partial charge in [0.25, 0.3) is 5.91 Å². The zero-order valence-corrected chi connectivity index (χ0v) is 24.2. The smallest absolute Gasteiger partial charge is 0.267 e. The summed E-state index contributed by atoms with van der Waals surface area (Å²) >= 11 is 14.4. The second kappa shape index (κ2) is 13.0. The number of thioether (sulfide) groups is 1. The van der Waals surface area contributed by atoms with Crippen LogP contribution in [0.1, 0.15) is 22.3 Å². The highest BCUT2D eigenvalue weighted by atomic mass is 35.5. The summed E-state index contributed by atoms with van der Waals surface area (Å²) in [4.78, 5) is 20.5. The van der Waals surface area contributed by atoms with Crippen molar-refractivity contribution in [2.45, 2.75) is 13.2 Å². The molecule has 1 fully saturated rings. The minimum Gasteiger partial charge on any atom is -0.497 e. The van der Waals surface area contributed by atoms with Gasteiger partial charge in [0.1, 0.15) is 12.4 Å². The number of nitrogens with zero attached hydrogens (tertiary/aromatic N) is 3. The Kier molecular flexibility index (Phi) is 8.95. The number of hydrogen-bond donors (Lipinski definition) is 0. The highest BCUT2D eigenvalue weighted by molar-refractivity contribution is 8.18. The number of amides is 1. The van der Waals surface area contributed by atoms with Crippen molar-refractivity contribution in [3.05, 3.63) is 128 Å². The fourth-order valence-corrected chi connectivity index (χ4v) is 5.73. The Balaban J connectivity index is 1.41. The van der Waals surface area contributed by atoms with Crippen molar-refractivity contribution in [1.82, 2.24) is 4.90 Å². The van der Waals surface area contributed by atoms with E-state index in [1.165, 1.54) is 11.8 Å². The molecule has 9 heteroatoms. The van der Waals surface area contributed by atoms with Crippen molar-refractivity contribution in [2.75, 3.05) is 7.11 Å². The van der Waals surface area contributed by atoms with Crippen LogP contribution >= 0.6 is 35.0 Å². The second-order valence-electron chi connectivity index (χ2n) is 8.95. The molecule has 5 rings (SSSR count). The molecule has 0 N–H and O–H groups in total.